The molecule has 1 aliphatic rings. The lowest BCUT2D eigenvalue weighted by Crippen LogP contribution is -2.12. The molecule has 1 aliphatic heterocycles. The molecule has 0 saturated carbocycles. The molecule has 0 bridgehead atoms. The Morgan fingerprint density at radius 3 is 2.55 bits per heavy atom. The van der Waals surface area contributed by atoms with Crippen molar-refractivity contribution < 1.29 is 31.5 Å². The maximum Gasteiger partial charge on any atom is 0.416 e. The SMILES string of the molecule is O=C(O)CCC1CS(=O)(=O)c2cccc(C(F)(F)F)c21. The molecular weight excluding hydrogens is 297 g/mol. The number of rotatable bonds is 3. The molecule has 0 spiro atoms. The van der Waals surface area contributed by atoms with Crippen LogP contribution in [0.4, 0.5) is 13.2 Å². The topological polar surface area (TPSA) is 71.4 Å². The van der Waals surface area contributed by atoms with Gasteiger partial charge in [0.05, 0.1) is 16.2 Å². The van der Waals surface area contributed by atoms with Gasteiger partial charge >= 0.3 is 12.1 Å². The molecule has 0 aromatic heterocycles. The first-order chi connectivity index (χ1) is 9.13. The average Bonchev–Trinajstić information content (AvgIpc) is 2.57. The second-order valence-corrected chi connectivity index (χ2v) is 6.63. The molecule has 20 heavy (non-hydrogen) atoms. The van der Waals surface area contributed by atoms with Crippen LogP contribution in [0.2, 0.25) is 0 Å². The fourth-order valence-electron chi connectivity index (χ4n) is 2.45. The third-order valence-corrected chi connectivity index (χ3v) is 5.11. The summed E-state index contributed by atoms with van der Waals surface area (Å²) in [6.07, 6.45) is -5.16. The Morgan fingerprint density at radius 2 is 2.00 bits per heavy atom. The van der Waals surface area contributed by atoms with Crippen molar-refractivity contribution in [2.75, 3.05) is 5.75 Å². The third kappa shape index (κ3) is 2.65. The van der Waals surface area contributed by atoms with Crippen molar-refractivity contribution in [3.8, 4) is 0 Å². The number of carboxylic acid groups (broad SMARTS) is 1. The van der Waals surface area contributed by atoms with Crippen molar-refractivity contribution in [1.82, 2.24) is 0 Å². The molecular formula is C12H11F3O4S. The monoisotopic (exact) mass is 308 g/mol. The standard InChI is InChI=1S/C12H11F3O4S/c13-12(14,15)8-2-1-3-9-11(8)7(4-5-10(16)17)6-20(9,18)19/h1-3,7H,4-6H2,(H,16,17). The first-order valence-electron chi connectivity index (χ1n) is 5.77. The van der Waals surface area contributed by atoms with Crippen molar-refractivity contribution in [2.24, 2.45) is 0 Å². The second kappa shape index (κ2) is 4.76. The van der Waals surface area contributed by atoms with E-state index in [9.17, 15) is 26.4 Å². The minimum absolute atomic E-state index is 0.130. The maximum absolute atomic E-state index is 13.0. The van der Waals surface area contributed by atoms with Crippen LogP contribution in [0.1, 0.15) is 29.9 Å². The Balaban J connectivity index is 2.54. The summed E-state index contributed by atoms with van der Waals surface area (Å²) in [5.41, 5.74) is -1.28. The molecule has 0 fully saturated rings. The second-order valence-electron chi connectivity index (χ2n) is 4.63. The van der Waals surface area contributed by atoms with Crippen LogP contribution in [0, 0.1) is 0 Å². The molecule has 1 atom stereocenters. The number of sulfone groups is 1. The van der Waals surface area contributed by atoms with Gasteiger partial charge in [0, 0.05) is 12.3 Å². The van der Waals surface area contributed by atoms with Gasteiger partial charge in [-0.2, -0.15) is 13.2 Å². The molecule has 4 nitrogen and oxygen atoms in total. The van der Waals surface area contributed by atoms with E-state index in [0.29, 0.717) is 0 Å². The number of hydrogen-bond acceptors (Lipinski definition) is 3. The number of fused-ring (bicyclic) bond motifs is 1. The molecule has 2 rings (SSSR count). The van der Waals surface area contributed by atoms with E-state index in [-0.39, 0.29) is 23.3 Å². The van der Waals surface area contributed by atoms with Crippen LogP contribution in [0.25, 0.3) is 0 Å². The van der Waals surface area contributed by atoms with Crippen LogP contribution in [-0.4, -0.2) is 25.2 Å². The Bertz CT molecular complexity index is 649. The lowest BCUT2D eigenvalue weighted by Gasteiger charge is -2.15. The van der Waals surface area contributed by atoms with Gasteiger partial charge in [0.25, 0.3) is 0 Å². The molecule has 1 heterocycles. The highest BCUT2D eigenvalue weighted by Crippen LogP contribution is 2.44. The fraction of sp³-hybridized carbons (Fsp3) is 0.417. The van der Waals surface area contributed by atoms with Crippen molar-refractivity contribution in [3.05, 3.63) is 29.3 Å². The van der Waals surface area contributed by atoms with Gasteiger partial charge in [0.2, 0.25) is 0 Å². The Kier molecular flexibility index (Phi) is 3.53. The highest BCUT2D eigenvalue weighted by Gasteiger charge is 2.43. The predicted molar refractivity (Wildman–Crippen MR) is 63.1 cm³/mol. The lowest BCUT2D eigenvalue weighted by molar-refractivity contribution is -0.138. The molecule has 1 aromatic carbocycles. The Morgan fingerprint density at radius 1 is 1.35 bits per heavy atom. The van der Waals surface area contributed by atoms with Crippen molar-refractivity contribution in [3.63, 3.8) is 0 Å². The van der Waals surface area contributed by atoms with Crippen molar-refractivity contribution >= 4 is 15.8 Å². The minimum Gasteiger partial charge on any atom is -0.481 e. The van der Waals surface area contributed by atoms with Crippen LogP contribution in [0.3, 0.4) is 0 Å². The normalized spacial score (nSPS) is 20.6. The minimum atomic E-state index is -4.66. The van der Waals surface area contributed by atoms with E-state index >= 15 is 0 Å². The van der Waals surface area contributed by atoms with E-state index < -0.39 is 39.2 Å². The molecule has 8 heteroatoms. The van der Waals surface area contributed by atoms with Crippen molar-refractivity contribution in [1.29, 1.82) is 0 Å². The molecule has 110 valence electrons. The Labute approximate surface area is 113 Å². The quantitative estimate of drug-likeness (QED) is 0.931. The summed E-state index contributed by atoms with van der Waals surface area (Å²) in [6.45, 7) is 0. The molecule has 1 unspecified atom stereocenters. The largest absolute Gasteiger partial charge is 0.481 e. The average molecular weight is 308 g/mol. The van der Waals surface area contributed by atoms with Crippen molar-refractivity contribution in [2.45, 2.75) is 29.8 Å². The summed E-state index contributed by atoms with van der Waals surface area (Å²) in [5, 5.41) is 8.61. The smallest absolute Gasteiger partial charge is 0.416 e. The summed E-state index contributed by atoms with van der Waals surface area (Å²) in [4.78, 5) is 10.2. The summed E-state index contributed by atoms with van der Waals surface area (Å²) in [5.74, 6) is -2.56. The molecule has 0 aliphatic carbocycles. The van der Waals surface area contributed by atoms with Gasteiger partial charge in [-0.15, -0.1) is 0 Å². The zero-order valence-corrected chi connectivity index (χ0v) is 11.0. The molecule has 0 saturated heterocycles. The fourth-order valence-corrected chi connectivity index (χ4v) is 4.39. The summed E-state index contributed by atoms with van der Waals surface area (Å²) >= 11 is 0. The summed E-state index contributed by atoms with van der Waals surface area (Å²) < 4.78 is 62.6. The van der Waals surface area contributed by atoms with E-state index in [1.54, 1.807) is 0 Å². The van der Waals surface area contributed by atoms with Gasteiger partial charge in [-0.25, -0.2) is 8.42 Å². The molecule has 0 radical (unpaired) electrons. The maximum atomic E-state index is 13.0. The van der Waals surface area contributed by atoms with Gasteiger partial charge in [0.15, 0.2) is 9.84 Å². The van der Waals surface area contributed by atoms with Crippen LogP contribution in [-0.2, 0) is 20.8 Å². The van der Waals surface area contributed by atoms with Gasteiger partial charge < -0.3 is 5.11 Å². The predicted octanol–water partition coefficient (Wildman–Crippen LogP) is 2.44. The number of halogens is 3. The van der Waals surface area contributed by atoms with E-state index in [2.05, 4.69) is 0 Å². The van der Waals surface area contributed by atoms with E-state index in [1.807, 2.05) is 0 Å². The van der Waals surface area contributed by atoms with Gasteiger partial charge in [-0.1, -0.05) is 6.07 Å². The third-order valence-electron chi connectivity index (χ3n) is 3.24. The number of alkyl halides is 3. The number of hydrogen-bond donors (Lipinski definition) is 1. The van der Waals surface area contributed by atoms with Gasteiger partial charge in [-0.05, 0) is 24.1 Å². The number of carbonyl (C=O) groups is 1. The van der Waals surface area contributed by atoms with Crippen LogP contribution >= 0.6 is 0 Å². The molecule has 1 N–H and O–H groups in total. The van der Waals surface area contributed by atoms with Crippen LogP contribution in [0.5, 0.6) is 0 Å². The van der Waals surface area contributed by atoms with Crippen LogP contribution < -0.4 is 0 Å². The zero-order valence-electron chi connectivity index (χ0n) is 10.1. The van der Waals surface area contributed by atoms with Gasteiger partial charge in [-0.3, -0.25) is 4.79 Å². The molecule has 0 amide bonds. The zero-order chi connectivity index (χ0) is 15.1. The van der Waals surface area contributed by atoms with E-state index in [1.165, 1.54) is 0 Å². The lowest BCUT2D eigenvalue weighted by atomic mass is 9.92. The highest BCUT2D eigenvalue weighted by molar-refractivity contribution is 7.91. The number of benzene rings is 1. The van der Waals surface area contributed by atoms with E-state index in [4.69, 9.17) is 5.11 Å². The Hall–Kier alpha value is -1.57. The first kappa shape index (κ1) is 14.8. The summed E-state index contributed by atoms with van der Waals surface area (Å²) in [6, 6.07) is 3.02. The number of aliphatic carboxylic acids is 1. The van der Waals surface area contributed by atoms with Crippen LogP contribution in [0.15, 0.2) is 23.1 Å². The van der Waals surface area contributed by atoms with Gasteiger partial charge in [0.1, 0.15) is 0 Å². The van der Waals surface area contributed by atoms with E-state index in [0.717, 1.165) is 18.2 Å². The molecule has 1 aromatic rings. The first-order valence-corrected chi connectivity index (χ1v) is 7.43. The highest BCUT2D eigenvalue weighted by atomic mass is 32.2. The summed E-state index contributed by atoms with van der Waals surface area (Å²) in [7, 11) is -3.78. The number of carboxylic acids is 1.